The van der Waals surface area contributed by atoms with Crippen LogP contribution in [0.2, 0.25) is 0 Å². The van der Waals surface area contributed by atoms with Crippen molar-refractivity contribution in [2.24, 2.45) is 5.73 Å². The topological polar surface area (TPSA) is 66.5 Å². The predicted octanol–water partition coefficient (Wildman–Crippen LogP) is 3.06. The van der Waals surface area contributed by atoms with Crippen LogP contribution in [0.1, 0.15) is 18.0 Å². The van der Waals surface area contributed by atoms with Crippen LogP contribution in [-0.2, 0) is 0 Å². The molecule has 1 atom stereocenters. The number of aromatic hydroxyl groups is 1. The molecule has 1 aromatic carbocycles. The van der Waals surface area contributed by atoms with Crippen LogP contribution in [0.3, 0.4) is 0 Å². The van der Waals surface area contributed by atoms with Gasteiger partial charge in [0.2, 0.25) is 0 Å². The fraction of sp³-hybridized carbons (Fsp3) is 0.333. The Bertz CT molecular complexity index is 371. The van der Waals surface area contributed by atoms with Gasteiger partial charge in [-0.2, -0.15) is 0 Å². The molecule has 6 heteroatoms. The first kappa shape index (κ1) is 13.4. The molecule has 0 heterocycles. The van der Waals surface area contributed by atoms with E-state index in [9.17, 15) is 5.11 Å². The molecule has 0 unspecified atom stereocenters. The lowest BCUT2D eigenvalue weighted by Crippen LogP contribution is -2.13. The number of halogens is 3. The number of hydrogen-bond acceptors (Lipinski definition) is 3. The summed E-state index contributed by atoms with van der Waals surface area (Å²) in [6, 6.07) is 1.41. The fourth-order valence-corrected chi connectivity index (χ4v) is 3.93. The second kappa shape index (κ2) is 5.63. The third kappa shape index (κ3) is 2.94. The summed E-state index contributed by atoms with van der Waals surface area (Å²) in [7, 11) is 0. The van der Waals surface area contributed by atoms with Crippen LogP contribution in [0.15, 0.2) is 19.5 Å². The molecule has 0 saturated carbocycles. The SMILES string of the molecule is N[C@H](CCO)c1c(Br)cc(Br)c(O)c1Br. The highest BCUT2D eigenvalue weighted by molar-refractivity contribution is 9.11. The fourth-order valence-electron chi connectivity index (χ4n) is 1.22. The molecule has 4 N–H and O–H groups in total. The first-order chi connectivity index (χ1) is 6.99. The van der Waals surface area contributed by atoms with Crippen LogP contribution in [-0.4, -0.2) is 16.8 Å². The van der Waals surface area contributed by atoms with E-state index in [2.05, 4.69) is 47.8 Å². The number of benzene rings is 1. The first-order valence-electron chi connectivity index (χ1n) is 4.21. The zero-order chi connectivity index (χ0) is 11.6. The van der Waals surface area contributed by atoms with E-state index >= 15 is 0 Å². The monoisotopic (exact) mass is 401 g/mol. The number of aliphatic hydroxyl groups excluding tert-OH is 1. The van der Waals surface area contributed by atoms with E-state index in [0.717, 1.165) is 10.0 Å². The molecule has 84 valence electrons. The van der Waals surface area contributed by atoms with Gasteiger partial charge in [-0.15, -0.1) is 0 Å². The minimum Gasteiger partial charge on any atom is -0.506 e. The lowest BCUT2D eigenvalue weighted by molar-refractivity contribution is 0.276. The smallest absolute Gasteiger partial charge is 0.144 e. The number of nitrogens with two attached hydrogens (primary N) is 1. The summed E-state index contributed by atoms with van der Waals surface area (Å²) in [4.78, 5) is 0. The van der Waals surface area contributed by atoms with Gasteiger partial charge in [0.05, 0.1) is 8.95 Å². The van der Waals surface area contributed by atoms with Gasteiger partial charge in [-0.25, -0.2) is 0 Å². The Balaban J connectivity index is 3.23. The molecule has 0 fully saturated rings. The number of hydrogen-bond donors (Lipinski definition) is 3. The van der Waals surface area contributed by atoms with Crippen LogP contribution in [0, 0.1) is 0 Å². The molecule has 0 aliphatic rings. The summed E-state index contributed by atoms with van der Waals surface area (Å²) in [6.07, 6.45) is 0.443. The predicted molar refractivity (Wildman–Crippen MR) is 69.8 cm³/mol. The van der Waals surface area contributed by atoms with E-state index in [0.29, 0.717) is 15.4 Å². The summed E-state index contributed by atoms with van der Waals surface area (Å²) in [5, 5.41) is 18.5. The second-order valence-electron chi connectivity index (χ2n) is 3.04. The van der Waals surface area contributed by atoms with Crippen LogP contribution in [0.25, 0.3) is 0 Å². The first-order valence-corrected chi connectivity index (χ1v) is 6.59. The van der Waals surface area contributed by atoms with Crippen molar-refractivity contribution in [2.45, 2.75) is 12.5 Å². The number of rotatable bonds is 3. The number of aliphatic hydroxyl groups is 1. The average molecular weight is 404 g/mol. The van der Waals surface area contributed by atoms with Gasteiger partial charge in [-0.05, 0) is 44.3 Å². The molecule has 0 radical (unpaired) electrons. The summed E-state index contributed by atoms with van der Waals surface area (Å²) in [5.74, 6) is 0.113. The Hall–Kier alpha value is 0.380. The van der Waals surface area contributed by atoms with Gasteiger partial charge in [0.1, 0.15) is 5.75 Å². The summed E-state index contributed by atoms with van der Waals surface area (Å²) in [5.41, 5.74) is 6.63. The highest BCUT2D eigenvalue weighted by Gasteiger charge is 2.18. The maximum atomic E-state index is 9.70. The van der Waals surface area contributed by atoms with Gasteiger partial charge in [-0.1, -0.05) is 15.9 Å². The number of phenolic OH excluding ortho intramolecular Hbond substituents is 1. The van der Waals surface area contributed by atoms with Crippen LogP contribution in [0.4, 0.5) is 0 Å². The molecule has 1 aromatic rings. The molecule has 1 rings (SSSR count). The largest absolute Gasteiger partial charge is 0.506 e. The van der Waals surface area contributed by atoms with Crippen LogP contribution < -0.4 is 5.73 Å². The lowest BCUT2D eigenvalue weighted by Gasteiger charge is -2.16. The van der Waals surface area contributed by atoms with Gasteiger partial charge < -0.3 is 15.9 Å². The third-order valence-electron chi connectivity index (χ3n) is 1.99. The van der Waals surface area contributed by atoms with E-state index < -0.39 is 0 Å². The molecular weight excluding hydrogens is 394 g/mol. The maximum Gasteiger partial charge on any atom is 0.144 e. The van der Waals surface area contributed by atoms with E-state index in [1.807, 2.05) is 0 Å². The Morgan fingerprint density at radius 2 is 1.87 bits per heavy atom. The van der Waals surface area contributed by atoms with Crippen molar-refractivity contribution in [3.63, 3.8) is 0 Å². The van der Waals surface area contributed by atoms with Gasteiger partial charge >= 0.3 is 0 Å². The van der Waals surface area contributed by atoms with Crippen molar-refractivity contribution in [1.29, 1.82) is 0 Å². The van der Waals surface area contributed by atoms with Crippen molar-refractivity contribution < 1.29 is 10.2 Å². The second-order valence-corrected chi connectivity index (χ2v) is 5.54. The summed E-state index contributed by atoms with van der Waals surface area (Å²) >= 11 is 9.87. The Morgan fingerprint density at radius 1 is 1.27 bits per heavy atom. The standard InChI is InChI=1S/C9H10Br3NO2/c10-4-3-5(11)9(15)8(12)7(4)6(13)1-2-14/h3,6,14-15H,1-2,13H2/t6-/m1/s1. The lowest BCUT2D eigenvalue weighted by atomic mass is 10.0. The van der Waals surface area contributed by atoms with Gasteiger partial charge in [0.25, 0.3) is 0 Å². The molecule has 0 spiro atoms. The quantitative estimate of drug-likeness (QED) is 0.726. The molecule has 0 aromatic heterocycles. The van der Waals surface area contributed by atoms with E-state index in [1.165, 1.54) is 0 Å². The van der Waals surface area contributed by atoms with Gasteiger partial charge in [-0.3, -0.25) is 0 Å². The highest BCUT2D eigenvalue weighted by atomic mass is 79.9. The van der Waals surface area contributed by atoms with Crippen LogP contribution >= 0.6 is 47.8 Å². The molecule has 0 aliphatic heterocycles. The molecule has 15 heavy (non-hydrogen) atoms. The molecule has 0 amide bonds. The van der Waals surface area contributed by atoms with E-state index in [1.54, 1.807) is 6.07 Å². The third-order valence-corrected chi connectivity index (χ3v) is 4.06. The van der Waals surface area contributed by atoms with Crippen molar-refractivity contribution in [3.05, 3.63) is 25.0 Å². The van der Waals surface area contributed by atoms with Crippen molar-refractivity contribution in [1.82, 2.24) is 0 Å². The highest BCUT2D eigenvalue weighted by Crippen LogP contribution is 2.42. The van der Waals surface area contributed by atoms with Crippen molar-refractivity contribution in [3.8, 4) is 5.75 Å². The van der Waals surface area contributed by atoms with Crippen LogP contribution in [0.5, 0.6) is 5.75 Å². The molecule has 0 aliphatic carbocycles. The van der Waals surface area contributed by atoms with Gasteiger partial charge in [0.15, 0.2) is 0 Å². The molecular formula is C9H10Br3NO2. The molecule has 3 nitrogen and oxygen atoms in total. The minimum atomic E-state index is -0.322. The van der Waals surface area contributed by atoms with Gasteiger partial charge in [0, 0.05) is 22.7 Å². The normalized spacial score (nSPS) is 12.9. The zero-order valence-corrected chi connectivity index (χ0v) is 12.4. The van der Waals surface area contributed by atoms with E-state index in [-0.39, 0.29) is 18.4 Å². The molecule has 0 bridgehead atoms. The Kier molecular flexibility index (Phi) is 5.05. The van der Waals surface area contributed by atoms with E-state index in [4.69, 9.17) is 10.8 Å². The summed E-state index contributed by atoms with van der Waals surface area (Å²) < 4.78 is 1.92. The molecule has 0 saturated heterocycles. The van der Waals surface area contributed by atoms with Crippen molar-refractivity contribution in [2.75, 3.05) is 6.61 Å². The Morgan fingerprint density at radius 3 is 2.40 bits per heavy atom. The average Bonchev–Trinajstić information content (AvgIpc) is 2.15. The zero-order valence-electron chi connectivity index (χ0n) is 7.67. The number of phenols is 1. The summed E-state index contributed by atoms with van der Waals surface area (Å²) in [6.45, 7) is 0.0108. The van der Waals surface area contributed by atoms with Crippen molar-refractivity contribution >= 4 is 47.8 Å². The minimum absolute atomic E-state index is 0.0108. The maximum absolute atomic E-state index is 9.70. The Labute approximate surface area is 113 Å².